The number of aryl methyl sites for hydroxylation is 1. The molecule has 2 aromatic rings. The van der Waals surface area contributed by atoms with Crippen LogP contribution in [0, 0.1) is 6.92 Å². The van der Waals surface area contributed by atoms with Crippen molar-refractivity contribution in [2.24, 2.45) is 0 Å². The van der Waals surface area contributed by atoms with Crippen molar-refractivity contribution in [1.82, 2.24) is 15.5 Å². The number of ether oxygens (including phenoxy) is 1. The molecule has 106 valence electrons. The number of anilines is 1. The minimum Gasteiger partial charge on any atom is -0.485 e. The number of rotatable bonds is 6. The second-order valence-electron chi connectivity index (χ2n) is 4.12. The smallest absolute Gasteiger partial charge is 0.238 e. The van der Waals surface area contributed by atoms with Crippen LogP contribution in [0.15, 0.2) is 28.8 Å². The van der Waals surface area contributed by atoms with Crippen molar-refractivity contribution in [2.75, 3.05) is 18.9 Å². The molecule has 0 saturated heterocycles. The molecule has 0 radical (unpaired) electrons. The summed E-state index contributed by atoms with van der Waals surface area (Å²) in [6, 6.07) is 7.07. The standard InChI is InChI=1S/C13H16N4O3/c1-9-15-12(17-20-9)8-19-11-5-3-10(4-6-11)16-13(18)7-14-2/h3-6,14H,7-8H2,1-2H3,(H,16,18). The molecular formula is C13H16N4O3. The lowest BCUT2D eigenvalue weighted by Gasteiger charge is -2.06. The van der Waals surface area contributed by atoms with E-state index < -0.39 is 0 Å². The van der Waals surface area contributed by atoms with Crippen LogP contribution in [0.2, 0.25) is 0 Å². The highest BCUT2D eigenvalue weighted by molar-refractivity contribution is 5.92. The number of aromatic nitrogens is 2. The summed E-state index contributed by atoms with van der Waals surface area (Å²) in [5.74, 6) is 1.57. The lowest BCUT2D eigenvalue weighted by Crippen LogP contribution is -2.24. The van der Waals surface area contributed by atoms with Crippen molar-refractivity contribution < 1.29 is 14.1 Å². The number of carbonyl (C=O) groups excluding carboxylic acids is 1. The highest BCUT2D eigenvalue weighted by Crippen LogP contribution is 2.16. The highest BCUT2D eigenvalue weighted by atomic mass is 16.5. The summed E-state index contributed by atoms with van der Waals surface area (Å²) in [6.07, 6.45) is 0. The Bertz CT molecular complexity index is 565. The summed E-state index contributed by atoms with van der Waals surface area (Å²) in [4.78, 5) is 15.4. The van der Waals surface area contributed by atoms with Gasteiger partial charge in [-0.1, -0.05) is 5.16 Å². The Balaban J connectivity index is 1.86. The molecule has 0 spiro atoms. The van der Waals surface area contributed by atoms with Gasteiger partial charge in [0.25, 0.3) is 0 Å². The Morgan fingerprint density at radius 1 is 1.35 bits per heavy atom. The first-order valence-electron chi connectivity index (χ1n) is 6.14. The summed E-state index contributed by atoms with van der Waals surface area (Å²) in [7, 11) is 1.72. The molecule has 0 aliphatic rings. The normalized spacial score (nSPS) is 10.3. The summed E-state index contributed by atoms with van der Waals surface area (Å²) in [5, 5.41) is 9.26. The van der Waals surface area contributed by atoms with E-state index in [1.807, 2.05) is 0 Å². The van der Waals surface area contributed by atoms with E-state index >= 15 is 0 Å². The summed E-state index contributed by atoms with van der Waals surface area (Å²) in [6.45, 7) is 2.23. The van der Waals surface area contributed by atoms with E-state index in [-0.39, 0.29) is 19.1 Å². The second kappa shape index (κ2) is 6.67. The third-order valence-corrected chi connectivity index (χ3v) is 2.41. The van der Waals surface area contributed by atoms with Gasteiger partial charge in [0.15, 0.2) is 6.61 Å². The van der Waals surface area contributed by atoms with Crippen LogP contribution in [0.5, 0.6) is 5.75 Å². The van der Waals surface area contributed by atoms with Gasteiger partial charge in [0.2, 0.25) is 17.6 Å². The van der Waals surface area contributed by atoms with Gasteiger partial charge in [-0.05, 0) is 31.3 Å². The number of nitrogens with zero attached hydrogens (tertiary/aromatic N) is 2. The van der Waals surface area contributed by atoms with Crippen molar-refractivity contribution in [3.8, 4) is 5.75 Å². The monoisotopic (exact) mass is 276 g/mol. The summed E-state index contributed by atoms with van der Waals surface area (Å²) in [5.41, 5.74) is 0.716. The zero-order valence-corrected chi connectivity index (χ0v) is 11.3. The molecule has 1 heterocycles. The predicted molar refractivity (Wildman–Crippen MR) is 72.4 cm³/mol. The van der Waals surface area contributed by atoms with E-state index in [2.05, 4.69) is 20.8 Å². The fraction of sp³-hybridized carbons (Fsp3) is 0.308. The minimum atomic E-state index is -0.0940. The van der Waals surface area contributed by atoms with Crippen LogP contribution in [0.1, 0.15) is 11.7 Å². The Morgan fingerprint density at radius 3 is 2.70 bits per heavy atom. The lowest BCUT2D eigenvalue weighted by molar-refractivity contribution is -0.115. The molecule has 0 bridgehead atoms. The molecule has 0 saturated carbocycles. The molecule has 0 aliphatic heterocycles. The maximum absolute atomic E-state index is 11.4. The third kappa shape index (κ3) is 4.06. The van der Waals surface area contributed by atoms with Crippen molar-refractivity contribution in [3.63, 3.8) is 0 Å². The maximum atomic E-state index is 11.4. The Labute approximate surface area is 116 Å². The highest BCUT2D eigenvalue weighted by Gasteiger charge is 2.04. The van der Waals surface area contributed by atoms with Crippen LogP contribution in [0.4, 0.5) is 5.69 Å². The van der Waals surface area contributed by atoms with Gasteiger partial charge in [0.05, 0.1) is 6.54 Å². The van der Waals surface area contributed by atoms with Gasteiger partial charge in [0, 0.05) is 12.6 Å². The molecule has 0 aliphatic carbocycles. The first-order chi connectivity index (χ1) is 9.67. The lowest BCUT2D eigenvalue weighted by atomic mass is 10.3. The number of amides is 1. The van der Waals surface area contributed by atoms with E-state index in [9.17, 15) is 4.79 Å². The molecule has 0 atom stereocenters. The van der Waals surface area contributed by atoms with E-state index in [1.165, 1.54) is 0 Å². The van der Waals surface area contributed by atoms with Gasteiger partial charge in [-0.25, -0.2) is 0 Å². The Kier molecular flexibility index (Phi) is 4.67. The van der Waals surface area contributed by atoms with E-state index in [0.29, 0.717) is 23.2 Å². The Hall–Kier alpha value is -2.41. The molecule has 1 amide bonds. The third-order valence-electron chi connectivity index (χ3n) is 2.41. The second-order valence-corrected chi connectivity index (χ2v) is 4.12. The molecule has 2 rings (SSSR count). The first kappa shape index (κ1) is 14.0. The van der Waals surface area contributed by atoms with Crippen molar-refractivity contribution in [2.45, 2.75) is 13.5 Å². The average Bonchev–Trinajstić information content (AvgIpc) is 2.84. The van der Waals surface area contributed by atoms with Gasteiger partial charge < -0.3 is 19.9 Å². The predicted octanol–water partition coefficient (Wildman–Crippen LogP) is 1.11. The summed E-state index contributed by atoms with van der Waals surface area (Å²) < 4.78 is 10.3. The quantitative estimate of drug-likeness (QED) is 0.821. The minimum absolute atomic E-state index is 0.0940. The van der Waals surface area contributed by atoms with Gasteiger partial charge in [-0.2, -0.15) is 4.98 Å². The zero-order chi connectivity index (χ0) is 14.4. The van der Waals surface area contributed by atoms with Crippen LogP contribution < -0.4 is 15.4 Å². The average molecular weight is 276 g/mol. The molecule has 7 heteroatoms. The number of likely N-dealkylation sites (N-methyl/N-ethyl adjacent to an activating group) is 1. The number of benzene rings is 1. The van der Waals surface area contributed by atoms with E-state index in [0.717, 1.165) is 0 Å². The van der Waals surface area contributed by atoms with Crippen molar-refractivity contribution in [1.29, 1.82) is 0 Å². The van der Waals surface area contributed by atoms with Crippen LogP contribution in [-0.2, 0) is 11.4 Å². The molecule has 20 heavy (non-hydrogen) atoms. The molecule has 1 aromatic heterocycles. The fourth-order valence-corrected chi connectivity index (χ4v) is 1.55. The molecule has 0 unspecified atom stereocenters. The molecule has 7 nitrogen and oxygen atoms in total. The topological polar surface area (TPSA) is 89.3 Å². The summed E-state index contributed by atoms with van der Waals surface area (Å²) >= 11 is 0. The zero-order valence-electron chi connectivity index (χ0n) is 11.3. The number of hydrogen-bond acceptors (Lipinski definition) is 6. The number of hydrogen-bond donors (Lipinski definition) is 2. The van der Waals surface area contributed by atoms with E-state index in [1.54, 1.807) is 38.2 Å². The van der Waals surface area contributed by atoms with Gasteiger partial charge >= 0.3 is 0 Å². The maximum Gasteiger partial charge on any atom is 0.238 e. The van der Waals surface area contributed by atoms with Gasteiger partial charge in [-0.15, -0.1) is 0 Å². The van der Waals surface area contributed by atoms with Crippen LogP contribution in [-0.4, -0.2) is 29.6 Å². The molecule has 0 fully saturated rings. The van der Waals surface area contributed by atoms with Gasteiger partial charge in [-0.3, -0.25) is 4.79 Å². The van der Waals surface area contributed by atoms with Crippen LogP contribution >= 0.6 is 0 Å². The molecule has 1 aromatic carbocycles. The van der Waals surface area contributed by atoms with Crippen LogP contribution in [0.25, 0.3) is 0 Å². The largest absolute Gasteiger partial charge is 0.485 e. The van der Waals surface area contributed by atoms with Gasteiger partial charge in [0.1, 0.15) is 5.75 Å². The Morgan fingerprint density at radius 2 is 2.10 bits per heavy atom. The first-order valence-corrected chi connectivity index (χ1v) is 6.14. The molecular weight excluding hydrogens is 260 g/mol. The molecule has 2 N–H and O–H groups in total. The van der Waals surface area contributed by atoms with Crippen LogP contribution in [0.3, 0.4) is 0 Å². The van der Waals surface area contributed by atoms with Crippen molar-refractivity contribution >= 4 is 11.6 Å². The number of carbonyl (C=O) groups is 1. The van der Waals surface area contributed by atoms with Crippen molar-refractivity contribution in [3.05, 3.63) is 36.0 Å². The van der Waals surface area contributed by atoms with E-state index in [4.69, 9.17) is 9.26 Å². The number of nitrogens with one attached hydrogen (secondary N) is 2. The fourth-order valence-electron chi connectivity index (χ4n) is 1.55. The SMILES string of the molecule is CNCC(=O)Nc1ccc(OCc2noc(C)n2)cc1.